The topological polar surface area (TPSA) is 112 Å². The van der Waals surface area contributed by atoms with Gasteiger partial charge in [0.15, 0.2) is 0 Å². The van der Waals surface area contributed by atoms with E-state index in [0.717, 1.165) is 33.1 Å². The van der Waals surface area contributed by atoms with Crippen LogP contribution in [0.4, 0.5) is 15.9 Å². The first-order chi connectivity index (χ1) is 21.2. The Bertz CT molecular complexity index is 1760. The van der Waals surface area contributed by atoms with Crippen LogP contribution in [0, 0.1) is 5.82 Å². The normalized spacial score (nSPS) is 16.2. The van der Waals surface area contributed by atoms with E-state index in [1.165, 1.54) is 24.7 Å². The molecule has 4 aromatic rings. The van der Waals surface area contributed by atoms with E-state index in [2.05, 4.69) is 36.5 Å². The third kappa shape index (κ3) is 7.85. The van der Waals surface area contributed by atoms with Gasteiger partial charge in [-0.1, -0.05) is 12.1 Å². The monoisotopic (exact) mass is 684 g/mol. The molecule has 0 fully saturated rings. The molecule has 0 saturated heterocycles. The quantitative estimate of drug-likeness (QED) is 0.146. The maximum absolute atomic E-state index is 13.5. The number of benzene rings is 3. The Morgan fingerprint density at radius 1 is 1.09 bits per heavy atom. The Morgan fingerprint density at radius 2 is 1.95 bits per heavy atom. The molecule has 0 aliphatic carbocycles. The highest BCUT2D eigenvalue weighted by Crippen LogP contribution is 2.45. The minimum atomic E-state index is -3.01. The van der Waals surface area contributed by atoms with Crippen LogP contribution < -0.4 is 20.1 Å². The van der Waals surface area contributed by atoms with Crippen molar-refractivity contribution in [2.45, 2.75) is 31.5 Å². The van der Waals surface area contributed by atoms with Crippen LogP contribution >= 0.6 is 15.9 Å². The largest absolute Gasteiger partial charge is 0.496 e. The summed E-state index contributed by atoms with van der Waals surface area (Å²) in [5, 5.41) is 7.41. The highest BCUT2D eigenvalue weighted by atomic mass is 79.9. The second-order valence-corrected chi connectivity index (χ2v) is 13.8. The Kier molecular flexibility index (Phi) is 10.0. The van der Waals surface area contributed by atoms with Crippen LogP contribution in [0.15, 0.2) is 77.7 Å². The lowest BCUT2D eigenvalue weighted by molar-refractivity contribution is 0.0284. The molecule has 9 nitrogen and oxygen atoms in total. The van der Waals surface area contributed by atoms with Crippen molar-refractivity contribution in [1.29, 1.82) is 0 Å². The van der Waals surface area contributed by atoms with Crippen LogP contribution in [0.3, 0.4) is 0 Å². The van der Waals surface area contributed by atoms with E-state index in [-0.39, 0.29) is 18.2 Å². The van der Waals surface area contributed by atoms with Gasteiger partial charge in [-0.3, -0.25) is 0 Å². The van der Waals surface area contributed by atoms with Gasteiger partial charge in [-0.05, 0) is 83.4 Å². The van der Waals surface area contributed by atoms with E-state index in [9.17, 15) is 12.8 Å². The fourth-order valence-corrected chi connectivity index (χ4v) is 6.15. The second-order valence-electron chi connectivity index (χ2n) is 10.7. The first-order valence-electron chi connectivity index (χ1n) is 14.1. The van der Waals surface area contributed by atoms with Crippen molar-refractivity contribution in [3.63, 3.8) is 0 Å². The molecule has 0 spiro atoms. The summed E-state index contributed by atoms with van der Waals surface area (Å²) < 4.78 is 55.1. The standard InChI is InChI=1S/C32H34BrFN4O5S/c1-41-30-19-28-25(18-26(30)32(11-5-14-43-32)10-4-12-35-13-15-44(2,39)40)31(37-21-36-28)38-24-8-9-29(27(33)17-24)42-20-22-6-3-7-23(34)16-22/h3,5-9,14,16-19,21,35H,4,10-13,15,20H2,1-2H3,(H,36,37,38). The number of aromatic nitrogens is 2. The molecule has 1 aliphatic rings. The first-order valence-corrected chi connectivity index (χ1v) is 17.0. The predicted molar refractivity (Wildman–Crippen MR) is 173 cm³/mol. The van der Waals surface area contributed by atoms with Gasteiger partial charge in [0.25, 0.3) is 0 Å². The third-order valence-electron chi connectivity index (χ3n) is 7.35. The third-order valence-corrected chi connectivity index (χ3v) is 8.91. The molecule has 2 N–H and O–H groups in total. The van der Waals surface area contributed by atoms with Gasteiger partial charge >= 0.3 is 0 Å². The number of nitrogens with zero attached hydrogens (tertiary/aromatic N) is 2. The molecule has 3 aromatic carbocycles. The van der Waals surface area contributed by atoms with Gasteiger partial charge in [-0.25, -0.2) is 22.8 Å². The van der Waals surface area contributed by atoms with Crippen LogP contribution in [0.5, 0.6) is 11.5 Å². The van der Waals surface area contributed by atoms with Crippen LogP contribution in [-0.2, 0) is 26.8 Å². The number of nitrogens with one attached hydrogen (secondary N) is 2. The number of anilines is 2. The summed E-state index contributed by atoms with van der Waals surface area (Å²) >= 11 is 3.58. The summed E-state index contributed by atoms with van der Waals surface area (Å²) in [7, 11) is -1.38. The molecule has 1 aliphatic heterocycles. The van der Waals surface area contributed by atoms with E-state index in [4.69, 9.17) is 14.2 Å². The molecule has 5 rings (SSSR count). The van der Waals surface area contributed by atoms with E-state index in [0.29, 0.717) is 48.8 Å². The van der Waals surface area contributed by atoms with Crippen molar-refractivity contribution in [1.82, 2.24) is 15.3 Å². The maximum Gasteiger partial charge on any atom is 0.148 e. The van der Waals surface area contributed by atoms with Crippen LogP contribution in [-0.4, -0.2) is 50.6 Å². The molecule has 12 heteroatoms. The number of fused-ring (bicyclic) bond motifs is 1. The summed E-state index contributed by atoms with van der Waals surface area (Å²) in [4.78, 5) is 9.03. The number of rotatable bonds is 14. The van der Waals surface area contributed by atoms with Crippen molar-refractivity contribution in [3.05, 3.63) is 94.7 Å². The maximum atomic E-state index is 13.5. The molecule has 1 unspecified atom stereocenters. The SMILES string of the molecule is COc1cc2ncnc(Nc3ccc(OCc4cccc(F)c4)c(Br)c3)c2cc1C1(CCCNCCS(C)(=O)=O)CC=CO1. The van der Waals surface area contributed by atoms with Gasteiger partial charge in [0.05, 0.1) is 29.1 Å². The van der Waals surface area contributed by atoms with E-state index < -0.39 is 15.4 Å². The summed E-state index contributed by atoms with van der Waals surface area (Å²) in [6.07, 6.45) is 8.58. The highest BCUT2D eigenvalue weighted by Gasteiger charge is 2.38. The molecule has 0 saturated carbocycles. The van der Waals surface area contributed by atoms with Crippen molar-refractivity contribution >= 4 is 48.2 Å². The van der Waals surface area contributed by atoms with Crippen LogP contribution in [0.25, 0.3) is 10.9 Å². The zero-order valence-electron chi connectivity index (χ0n) is 24.5. The Morgan fingerprint density at radius 3 is 2.68 bits per heavy atom. The van der Waals surface area contributed by atoms with Crippen LogP contribution in [0.2, 0.25) is 0 Å². The molecule has 0 bridgehead atoms. The Hall–Kier alpha value is -3.74. The van der Waals surface area contributed by atoms with Gasteiger partial charge in [-0.15, -0.1) is 0 Å². The smallest absolute Gasteiger partial charge is 0.148 e. The highest BCUT2D eigenvalue weighted by molar-refractivity contribution is 9.10. The first kappa shape index (κ1) is 31.7. The molecular weight excluding hydrogens is 651 g/mol. The van der Waals surface area contributed by atoms with E-state index in [1.54, 1.807) is 19.4 Å². The molecule has 0 radical (unpaired) electrons. The van der Waals surface area contributed by atoms with Crippen LogP contribution in [0.1, 0.15) is 30.4 Å². The van der Waals surface area contributed by atoms with E-state index in [1.807, 2.05) is 42.5 Å². The number of sulfone groups is 1. The number of methoxy groups -OCH3 is 1. The van der Waals surface area contributed by atoms with Gasteiger partial charge < -0.3 is 24.8 Å². The fourth-order valence-electron chi connectivity index (χ4n) is 5.14. The van der Waals surface area contributed by atoms with Crippen molar-refractivity contribution in [2.24, 2.45) is 0 Å². The number of ether oxygens (including phenoxy) is 3. The predicted octanol–water partition coefficient (Wildman–Crippen LogP) is 6.41. The zero-order valence-corrected chi connectivity index (χ0v) is 26.9. The lowest BCUT2D eigenvalue weighted by Crippen LogP contribution is -2.29. The summed E-state index contributed by atoms with van der Waals surface area (Å²) in [6, 6.07) is 15.8. The number of halogens is 2. The van der Waals surface area contributed by atoms with Gasteiger partial charge in [0, 0.05) is 41.9 Å². The number of hydrogen-bond acceptors (Lipinski definition) is 9. The molecule has 0 amide bonds. The summed E-state index contributed by atoms with van der Waals surface area (Å²) in [6.45, 7) is 1.30. The summed E-state index contributed by atoms with van der Waals surface area (Å²) in [5.41, 5.74) is 2.46. The van der Waals surface area contributed by atoms with Gasteiger partial charge in [0.1, 0.15) is 51.5 Å². The molecule has 1 atom stereocenters. The summed E-state index contributed by atoms with van der Waals surface area (Å²) in [5.74, 6) is 1.70. The Labute approximate surface area is 264 Å². The minimum Gasteiger partial charge on any atom is -0.496 e. The fraction of sp³-hybridized carbons (Fsp3) is 0.312. The molecule has 1 aromatic heterocycles. The van der Waals surface area contributed by atoms with Gasteiger partial charge in [0.2, 0.25) is 0 Å². The molecular formula is C32H34BrFN4O5S. The minimum absolute atomic E-state index is 0.103. The van der Waals surface area contributed by atoms with Crippen molar-refractivity contribution in [3.8, 4) is 11.5 Å². The zero-order chi connectivity index (χ0) is 31.2. The Balaban J connectivity index is 1.35. The molecule has 2 heterocycles. The molecule has 44 heavy (non-hydrogen) atoms. The average molecular weight is 686 g/mol. The lowest BCUT2D eigenvalue weighted by atomic mass is 9.85. The van der Waals surface area contributed by atoms with Crippen molar-refractivity contribution < 1.29 is 27.0 Å². The average Bonchev–Trinajstić information content (AvgIpc) is 3.47. The lowest BCUT2D eigenvalue weighted by Gasteiger charge is -2.31. The van der Waals surface area contributed by atoms with Crippen molar-refractivity contribution in [2.75, 3.05) is 37.5 Å². The molecule has 232 valence electrons. The number of hydrogen-bond donors (Lipinski definition) is 2. The van der Waals surface area contributed by atoms with E-state index >= 15 is 0 Å². The second kappa shape index (κ2) is 13.9. The van der Waals surface area contributed by atoms with Gasteiger partial charge in [-0.2, -0.15) is 0 Å².